The number of aryl methyl sites for hydroxylation is 1. The Balaban J connectivity index is 1.54. The molecule has 24 heavy (non-hydrogen) atoms. The van der Waals surface area contributed by atoms with Gasteiger partial charge >= 0.3 is 0 Å². The molecule has 0 spiro atoms. The van der Waals surface area contributed by atoms with Crippen LogP contribution in [0.2, 0.25) is 0 Å². The molecule has 0 bridgehead atoms. The summed E-state index contributed by atoms with van der Waals surface area (Å²) < 4.78 is 12.7. The average molecular weight is 327 g/mol. The van der Waals surface area contributed by atoms with Crippen molar-refractivity contribution in [1.82, 2.24) is 14.7 Å². The van der Waals surface area contributed by atoms with E-state index in [4.69, 9.17) is 9.47 Å². The third kappa shape index (κ3) is 2.84. The maximum atomic E-state index is 13.0. The number of likely N-dealkylation sites (tertiary alicyclic amines) is 1. The van der Waals surface area contributed by atoms with Crippen LogP contribution in [-0.4, -0.2) is 40.0 Å². The molecule has 1 aromatic heterocycles. The summed E-state index contributed by atoms with van der Waals surface area (Å²) in [6, 6.07) is 5.59. The largest absolute Gasteiger partial charge is 0.454 e. The summed E-state index contributed by atoms with van der Waals surface area (Å²) in [4.78, 5) is 15.0. The van der Waals surface area contributed by atoms with Crippen molar-refractivity contribution in [2.24, 2.45) is 0 Å². The molecule has 1 fully saturated rings. The third-order valence-corrected chi connectivity index (χ3v) is 4.67. The van der Waals surface area contributed by atoms with Gasteiger partial charge in [-0.05, 0) is 49.9 Å². The smallest absolute Gasteiger partial charge is 0.254 e. The Hall–Kier alpha value is -2.50. The van der Waals surface area contributed by atoms with Crippen molar-refractivity contribution in [3.63, 3.8) is 0 Å². The first-order valence-corrected chi connectivity index (χ1v) is 8.40. The van der Waals surface area contributed by atoms with Gasteiger partial charge in [0.25, 0.3) is 5.91 Å². The molecule has 6 heteroatoms. The second-order valence-corrected chi connectivity index (χ2v) is 6.46. The molecule has 0 unspecified atom stereocenters. The molecule has 0 aliphatic carbocycles. The van der Waals surface area contributed by atoms with E-state index in [0.717, 1.165) is 37.9 Å². The van der Waals surface area contributed by atoms with Gasteiger partial charge in [0.2, 0.25) is 6.79 Å². The van der Waals surface area contributed by atoms with E-state index in [9.17, 15) is 4.79 Å². The van der Waals surface area contributed by atoms with Gasteiger partial charge in [-0.25, -0.2) is 0 Å². The van der Waals surface area contributed by atoms with Crippen LogP contribution >= 0.6 is 0 Å². The average Bonchev–Trinajstić information content (AvgIpc) is 3.22. The van der Waals surface area contributed by atoms with Crippen LogP contribution in [-0.2, 0) is 6.54 Å². The third-order valence-electron chi connectivity index (χ3n) is 4.67. The summed E-state index contributed by atoms with van der Waals surface area (Å²) in [5.74, 6) is 1.41. The van der Waals surface area contributed by atoms with Crippen molar-refractivity contribution >= 4 is 5.91 Å². The Morgan fingerprint density at radius 3 is 3.00 bits per heavy atom. The van der Waals surface area contributed by atoms with Crippen molar-refractivity contribution in [2.45, 2.75) is 38.8 Å². The molecule has 3 heterocycles. The first kappa shape index (κ1) is 15.1. The molecule has 1 saturated heterocycles. The Bertz CT molecular complexity index is 756. The van der Waals surface area contributed by atoms with Crippen LogP contribution in [0.5, 0.6) is 11.5 Å². The number of carbonyl (C=O) groups excluding carboxylic acids is 1. The standard InChI is InChI=1S/C18H21N3O3/c1-13-9-19-20(10-13)11-15-4-2-3-7-21(15)18(22)14-5-6-16-17(8-14)24-12-23-16/h5-6,8-10,15H,2-4,7,11-12H2,1H3/t15-/m0/s1. The Morgan fingerprint density at radius 2 is 2.17 bits per heavy atom. The number of piperidine rings is 1. The van der Waals surface area contributed by atoms with Crippen LogP contribution in [0.1, 0.15) is 35.2 Å². The first-order valence-electron chi connectivity index (χ1n) is 8.40. The number of nitrogens with zero attached hydrogens (tertiary/aromatic N) is 3. The number of carbonyl (C=O) groups is 1. The lowest BCUT2D eigenvalue weighted by Gasteiger charge is -2.35. The predicted molar refractivity (Wildman–Crippen MR) is 88.2 cm³/mol. The van der Waals surface area contributed by atoms with Crippen LogP contribution in [0.3, 0.4) is 0 Å². The van der Waals surface area contributed by atoms with E-state index >= 15 is 0 Å². The lowest BCUT2D eigenvalue weighted by molar-refractivity contribution is 0.0583. The molecule has 1 atom stereocenters. The number of benzene rings is 1. The van der Waals surface area contributed by atoms with Crippen LogP contribution in [0.25, 0.3) is 0 Å². The molecule has 1 amide bonds. The monoisotopic (exact) mass is 327 g/mol. The van der Waals surface area contributed by atoms with Crippen molar-refractivity contribution in [1.29, 1.82) is 0 Å². The van der Waals surface area contributed by atoms with E-state index in [1.54, 1.807) is 6.07 Å². The van der Waals surface area contributed by atoms with Crippen molar-refractivity contribution in [3.05, 3.63) is 41.7 Å². The highest BCUT2D eigenvalue weighted by Gasteiger charge is 2.29. The van der Waals surface area contributed by atoms with E-state index < -0.39 is 0 Å². The summed E-state index contributed by atoms with van der Waals surface area (Å²) >= 11 is 0. The normalized spacial score (nSPS) is 19.5. The molecule has 2 aliphatic heterocycles. The van der Waals surface area contributed by atoms with Crippen LogP contribution in [0.15, 0.2) is 30.6 Å². The fraction of sp³-hybridized carbons (Fsp3) is 0.444. The van der Waals surface area contributed by atoms with E-state index in [2.05, 4.69) is 5.10 Å². The number of fused-ring (bicyclic) bond motifs is 1. The number of rotatable bonds is 3. The summed E-state index contributed by atoms with van der Waals surface area (Å²) in [6.07, 6.45) is 7.08. The van der Waals surface area contributed by atoms with Crippen LogP contribution < -0.4 is 9.47 Å². The molecule has 4 rings (SSSR count). The van der Waals surface area contributed by atoms with Crippen molar-refractivity contribution in [3.8, 4) is 11.5 Å². The minimum atomic E-state index is 0.0573. The van der Waals surface area contributed by atoms with E-state index in [1.165, 1.54) is 0 Å². The maximum absolute atomic E-state index is 13.0. The van der Waals surface area contributed by atoms with Gasteiger partial charge in [0, 0.05) is 18.3 Å². The molecule has 2 aliphatic rings. The topological polar surface area (TPSA) is 56.6 Å². The van der Waals surface area contributed by atoms with Crippen LogP contribution in [0, 0.1) is 6.92 Å². The van der Waals surface area contributed by atoms with Crippen molar-refractivity contribution in [2.75, 3.05) is 13.3 Å². The molecule has 0 radical (unpaired) electrons. The highest BCUT2D eigenvalue weighted by molar-refractivity contribution is 5.95. The zero-order valence-corrected chi connectivity index (χ0v) is 13.8. The van der Waals surface area contributed by atoms with Gasteiger partial charge in [0.05, 0.1) is 18.8 Å². The second kappa shape index (κ2) is 6.19. The number of hydrogen-bond donors (Lipinski definition) is 0. The van der Waals surface area contributed by atoms with Gasteiger partial charge in [-0.2, -0.15) is 5.10 Å². The molecular weight excluding hydrogens is 306 g/mol. The molecule has 0 N–H and O–H groups in total. The van der Waals surface area contributed by atoms with Crippen LogP contribution in [0.4, 0.5) is 0 Å². The number of hydrogen-bond acceptors (Lipinski definition) is 4. The lowest BCUT2D eigenvalue weighted by Crippen LogP contribution is -2.45. The highest BCUT2D eigenvalue weighted by atomic mass is 16.7. The van der Waals surface area contributed by atoms with Crippen molar-refractivity contribution < 1.29 is 14.3 Å². The predicted octanol–water partition coefficient (Wildman–Crippen LogP) is 2.62. The van der Waals surface area contributed by atoms with Gasteiger partial charge in [-0.3, -0.25) is 9.48 Å². The second-order valence-electron chi connectivity index (χ2n) is 6.46. The summed E-state index contributed by atoms with van der Waals surface area (Å²) in [5, 5.41) is 4.37. The number of amides is 1. The number of ether oxygens (including phenoxy) is 2. The zero-order valence-electron chi connectivity index (χ0n) is 13.8. The SMILES string of the molecule is Cc1cnn(C[C@@H]2CCCCN2C(=O)c2ccc3c(c2)OCO3)c1. The molecule has 0 saturated carbocycles. The summed E-state index contributed by atoms with van der Waals surface area (Å²) in [7, 11) is 0. The number of aromatic nitrogens is 2. The van der Waals surface area contributed by atoms with E-state index in [0.29, 0.717) is 17.1 Å². The molecular formula is C18H21N3O3. The molecule has 126 valence electrons. The van der Waals surface area contributed by atoms with Gasteiger partial charge in [-0.1, -0.05) is 0 Å². The fourth-order valence-corrected chi connectivity index (χ4v) is 3.44. The highest BCUT2D eigenvalue weighted by Crippen LogP contribution is 2.33. The van der Waals surface area contributed by atoms with E-state index in [1.807, 2.05) is 41.0 Å². The molecule has 2 aromatic rings. The lowest BCUT2D eigenvalue weighted by atomic mass is 10.0. The fourth-order valence-electron chi connectivity index (χ4n) is 3.44. The quantitative estimate of drug-likeness (QED) is 0.869. The molecule has 1 aromatic carbocycles. The Kier molecular flexibility index (Phi) is 3.88. The van der Waals surface area contributed by atoms with E-state index in [-0.39, 0.29) is 18.7 Å². The summed E-state index contributed by atoms with van der Waals surface area (Å²) in [6.45, 7) is 3.78. The van der Waals surface area contributed by atoms with Gasteiger partial charge < -0.3 is 14.4 Å². The zero-order chi connectivity index (χ0) is 16.5. The minimum Gasteiger partial charge on any atom is -0.454 e. The summed E-state index contributed by atoms with van der Waals surface area (Å²) in [5.41, 5.74) is 1.79. The van der Waals surface area contributed by atoms with Gasteiger partial charge in [0.15, 0.2) is 11.5 Å². The Morgan fingerprint density at radius 1 is 1.29 bits per heavy atom. The maximum Gasteiger partial charge on any atom is 0.254 e. The Labute approximate surface area is 141 Å². The first-order chi connectivity index (χ1) is 11.7. The molecule has 6 nitrogen and oxygen atoms in total. The van der Waals surface area contributed by atoms with Gasteiger partial charge in [0.1, 0.15) is 0 Å². The van der Waals surface area contributed by atoms with Gasteiger partial charge in [-0.15, -0.1) is 0 Å². The minimum absolute atomic E-state index is 0.0573.